The summed E-state index contributed by atoms with van der Waals surface area (Å²) in [7, 11) is 0. The van der Waals surface area contributed by atoms with E-state index >= 15 is 0 Å². The third-order valence-electron chi connectivity index (χ3n) is 3.08. The fraction of sp³-hybridized carbons (Fsp3) is 0.923. The van der Waals surface area contributed by atoms with Crippen molar-refractivity contribution in [3.05, 3.63) is 0 Å². The van der Waals surface area contributed by atoms with Gasteiger partial charge in [-0.2, -0.15) is 0 Å². The van der Waals surface area contributed by atoms with Crippen molar-refractivity contribution < 1.29 is 14.6 Å². The first-order valence-corrected chi connectivity index (χ1v) is 6.73. The smallest absolute Gasteiger partial charge is 0.410 e. The number of nitrogens with two attached hydrogens (primary N) is 1. The van der Waals surface area contributed by atoms with Gasteiger partial charge in [0.25, 0.3) is 0 Å². The van der Waals surface area contributed by atoms with Crippen LogP contribution in [0.4, 0.5) is 4.79 Å². The molecule has 0 radical (unpaired) electrons. The average molecular weight is 258 g/mol. The number of nitrogens with zero attached hydrogens (tertiary/aromatic N) is 1. The van der Waals surface area contributed by atoms with Gasteiger partial charge in [-0.15, -0.1) is 0 Å². The van der Waals surface area contributed by atoms with Gasteiger partial charge in [-0.05, 0) is 53.0 Å². The molecule has 0 bridgehead atoms. The van der Waals surface area contributed by atoms with E-state index in [1.165, 1.54) is 0 Å². The minimum Gasteiger partial charge on any atom is -0.444 e. The van der Waals surface area contributed by atoms with Gasteiger partial charge in [0.15, 0.2) is 0 Å². The Morgan fingerprint density at radius 1 is 1.50 bits per heavy atom. The number of rotatable bonds is 3. The second-order valence-electron chi connectivity index (χ2n) is 5.88. The zero-order valence-corrected chi connectivity index (χ0v) is 11.7. The molecule has 1 rings (SSSR count). The van der Waals surface area contributed by atoms with Gasteiger partial charge in [0.1, 0.15) is 5.60 Å². The molecule has 18 heavy (non-hydrogen) atoms. The van der Waals surface area contributed by atoms with Crippen molar-refractivity contribution in [1.82, 2.24) is 4.90 Å². The van der Waals surface area contributed by atoms with Crippen molar-refractivity contribution in [2.24, 2.45) is 5.73 Å². The highest BCUT2D eigenvalue weighted by atomic mass is 16.6. The van der Waals surface area contributed by atoms with Gasteiger partial charge in [-0.25, -0.2) is 4.79 Å². The minimum absolute atomic E-state index is 0.155. The van der Waals surface area contributed by atoms with E-state index < -0.39 is 11.7 Å². The topological polar surface area (TPSA) is 75.8 Å². The minimum atomic E-state index is -0.502. The zero-order valence-electron chi connectivity index (χ0n) is 11.7. The van der Waals surface area contributed by atoms with Crippen LogP contribution < -0.4 is 5.73 Å². The molecule has 0 unspecified atom stereocenters. The second kappa shape index (κ2) is 6.38. The van der Waals surface area contributed by atoms with Gasteiger partial charge in [0.2, 0.25) is 0 Å². The third-order valence-corrected chi connectivity index (χ3v) is 3.08. The van der Waals surface area contributed by atoms with Crippen molar-refractivity contribution in [1.29, 1.82) is 0 Å². The molecular weight excluding hydrogens is 232 g/mol. The van der Waals surface area contributed by atoms with Gasteiger partial charge in [-0.3, -0.25) is 0 Å². The van der Waals surface area contributed by atoms with Gasteiger partial charge < -0.3 is 20.5 Å². The summed E-state index contributed by atoms with van der Waals surface area (Å²) in [4.78, 5) is 13.8. The van der Waals surface area contributed by atoms with E-state index in [9.17, 15) is 9.90 Å². The SMILES string of the molecule is CC(C)(C)OC(=O)N1CCC[C@H](O)[C@H]1CCCN. The number of carbonyl (C=O) groups excluding carboxylic acids is 1. The van der Waals surface area contributed by atoms with E-state index in [1.54, 1.807) is 4.90 Å². The van der Waals surface area contributed by atoms with Crippen molar-refractivity contribution in [3.63, 3.8) is 0 Å². The van der Waals surface area contributed by atoms with Crippen molar-refractivity contribution in [2.45, 2.75) is 64.2 Å². The first-order valence-electron chi connectivity index (χ1n) is 6.73. The molecule has 1 amide bonds. The zero-order chi connectivity index (χ0) is 13.8. The summed E-state index contributed by atoms with van der Waals surface area (Å²) >= 11 is 0. The maximum Gasteiger partial charge on any atom is 0.410 e. The number of piperidine rings is 1. The van der Waals surface area contributed by atoms with Crippen molar-refractivity contribution >= 4 is 6.09 Å². The Balaban J connectivity index is 2.66. The monoisotopic (exact) mass is 258 g/mol. The van der Waals surface area contributed by atoms with Gasteiger partial charge in [0.05, 0.1) is 12.1 Å². The summed E-state index contributed by atoms with van der Waals surface area (Å²) in [5.74, 6) is 0. The van der Waals surface area contributed by atoms with Crippen LogP contribution in [0.15, 0.2) is 0 Å². The summed E-state index contributed by atoms with van der Waals surface area (Å²) in [6.07, 6.45) is 2.31. The largest absolute Gasteiger partial charge is 0.444 e. The first-order chi connectivity index (χ1) is 8.35. The van der Waals surface area contributed by atoms with Gasteiger partial charge in [-0.1, -0.05) is 0 Å². The molecule has 1 heterocycles. The summed E-state index contributed by atoms with van der Waals surface area (Å²) in [6, 6.07) is -0.155. The fourth-order valence-corrected chi connectivity index (χ4v) is 2.26. The number of amides is 1. The molecule has 1 saturated heterocycles. The molecule has 3 N–H and O–H groups in total. The number of hydrogen-bond donors (Lipinski definition) is 2. The van der Waals surface area contributed by atoms with E-state index in [1.807, 2.05) is 20.8 Å². The highest BCUT2D eigenvalue weighted by Gasteiger charge is 2.35. The van der Waals surface area contributed by atoms with Crippen LogP contribution in [-0.2, 0) is 4.74 Å². The summed E-state index contributed by atoms with van der Waals surface area (Å²) in [5, 5.41) is 10.0. The maximum absolute atomic E-state index is 12.1. The molecule has 5 heteroatoms. The lowest BCUT2D eigenvalue weighted by molar-refractivity contribution is -0.0252. The van der Waals surface area contributed by atoms with Crippen LogP contribution >= 0.6 is 0 Å². The highest BCUT2D eigenvalue weighted by molar-refractivity contribution is 5.68. The second-order valence-corrected chi connectivity index (χ2v) is 5.88. The Bertz CT molecular complexity index is 276. The Morgan fingerprint density at radius 3 is 2.72 bits per heavy atom. The van der Waals surface area contributed by atoms with E-state index in [2.05, 4.69) is 0 Å². The quantitative estimate of drug-likeness (QED) is 0.804. The lowest BCUT2D eigenvalue weighted by atomic mass is 9.95. The van der Waals surface area contributed by atoms with Crippen LogP contribution in [0.1, 0.15) is 46.5 Å². The van der Waals surface area contributed by atoms with Crippen LogP contribution in [0, 0.1) is 0 Å². The first kappa shape index (κ1) is 15.2. The molecule has 0 spiro atoms. The standard InChI is InChI=1S/C13H26N2O3/c1-13(2,3)18-12(17)15-9-5-7-11(16)10(15)6-4-8-14/h10-11,16H,4-9,14H2,1-3H3/t10-,11+/m1/s1. The van der Waals surface area contributed by atoms with Gasteiger partial charge >= 0.3 is 6.09 Å². The van der Waals surface area contributed by atoms with Crippen molar-refractivity contribution in [3.8, 4) is 0 Å². The summed E-state index contributed by atoms with van der Waals surface area (Å²) in [6.45, 7) is 6.77. The van der Waals surface area contributed by atoms with Crippen molar-refractivity contribution in [2.75, 3.05) is 13.1 Å². The van der Waals surface area contributed by atoms with Crippen LogP contribution in [0.2, 0.25) is 0 Å². The van der Waals surface area contributed by atoms with Crippen LogP contribution in [-0.4, -0.2) is 46.9 Å². The molecule has 2 atom stereocenters. The molecule has 1 fully saturated rings. The predicted molar refractivity (Wildman–Crippen MR) is 70.3 cm³/mol. The number of likely N-dealkylation sites (tertiary alicyclic amines) is 1. The fourth-order valence-electron chi connectivity index (χ4n) is 2.26. The Kier molecular flexibility index (Phi) is 5.41. The molecule has 0 aromatic rings. The van der Waals surface area contributed by atoms with Gasteiger partial charge in [0, 0.05) is 6.54 Å². The van der Waals surface area contributed by atoms with E-state index in [4.69, 9.17) is 10.5 Å². The number of hydrogen-bond acceptors (Lipinski definition) is 4. The lowest BCUT2D eigenvalue weighted by Gasteiger charge is -2.39. The molecule has 5 nitrogen and oxygen atoms in total. The van der Waals surface area contributed by atoms with E-state index in [0.717, 1.165) is 25.7 Å². The lowest BCUT2D eigenvalue weighted by Crippen LogP contribution is -2.52. The summed E-state index contributed by atoms with van der Waals surface area (Å²) < 4.78 is 5.38. The highest BCUT2D eigenvalue weighted by Crippen LogP contribution is 2.23. The molecule has 1 aliphatic rings. The van der Waals surface area contributed by atoms with Crippen LogP contribution in [0.25, 0.3) is 0 Å². The molecule has 106 valence electrons. The molecule has 1 aliphatic heterocycles. The molecular formula is C13H26N2O3. The Labute approximate surface area is 109 Å². The molecule has 0 aliphatic carbocycles. The molecule has 0 saturated carbocycles. The number of aliphatic hydroxyl groups is 1. The molecule has 0 aromatic carbocycles. The predicted octanol–water partition coefficient (Wildman–Crippen LogP) is 1.49. The third kappa shape index (κ3) is 4.46. The Morgan fingerprint density at radius 2 is 2.17 bits per heavy atom. The maximum atomic E-state index is 12.1. The van der Waals surface area contributed by atoms with E-state index in [-0.39, 0.29) is 12.1 Å². The number of carbonyl (C=O) groups is 1. The number of aliphatic hydroxyl groups excluding tert-OH is 1. The average Bonchev–Trinajstić information content (AvgIpc) is 2.24. The molecule has 0 aromatic heterocycles. The van der Waals surface area contributed by atoms with Crippen LogP contribution in [0.5, 0.6) is 0 Å². The summed E-state index contributed by atoms with van der Waals surface area (Å²) in [5.41, 5.74) is 5.00. The van der Waals surface area contributed by atoms with Crippen LogP contribution in [0.3, 0.4) is 0 Å². The Hall–Kier alpha value is -0.810. The normalized spacial score (nSPS) is 25.1. The van der Waals surface area contributed by atoms with E-state index in [0.29, 0.717) is 13.1 Å². The number of ether oxygens (including phenoxy) is 1.